The smallest absolute Gasteiger partial charge is 0.306 e. The van der Waals surface area contributed by atoms with Gasteiger partial charge in [-0.15, -0.1) is 0 Å². The van der Waals surface area contributed by atoms with Gasteiger partial charge in [-0.25, -0.2) is 0 Å². The van der Waals surface area contributed by atoms with Crippen LogP contribution in [0.15, 0.2) is 48.6 Å². The average molecular weight is 818 g/mol. The van der Waals surface area contributed by atoms with E-state index < -0.39 is 24.3 Å². The van der Waals surface area contributed by atoms with Gasteiger partial charge >= 0.3 is 11.9 Å². The lowest BCUT2D eigenvalue weighted by Gasteiger charge is -2.26. The maximum absolute atomic E-state index is 12.7. The van der Waals surface area contributed by atoms with Gasteiger partial charge in [-0.05, 0) is 51.4 Å². The summed E-state index contributed by atoms with van der Waals surface area (Å²) in [6.45, 7) is 4.55. The van der Waals surface area contributed by atoms with E-state index in [1.54, 1.807) is 0 Å². The summed E-state index contributed by atoms with van der Waals surface area (Å²) in [7, 11) is 5.90. The van der Waals surface area contributed by atoms with E-state index in [-0.39, 0.29) is 38.6 Å². The minimum atomic E-state index is -1.62. The van der Waals surface area contributed by atoms with Gasteiger partial charge in [-0.2, -0.15) is 0 Å². The lowest BCUT2D eigenvalue weighted by atomic mass is 10.0. The first-order chi connectivity index (χ1) is 28.1. The van der Waals surface area contributed by atoms with Crippen LogP contribution in [0.1, 0.15) is 187 Å². The number of hydrogen-bond acceptors (Lipinski definition) is 8. The number of aliphatic carboxylic acids is 1. The van der Waals surface area contributed by atoms with Crippen molar-refractivity contribution in [1.29, 1.82) is 0 Å². The van der Waals surface area contributed by atoms with E-state index in [9.17, 15) is 19.5 Å². The largest absolute Gasteiger partial charge is 0.545 e. The molecule has 0 radical (unpaired) electrons. The molecule has 0 aliphatic rings. The number of likely N-dealkylation sites (N-methyl/N-ethyl adjacent to an activating group) is 1. The molecule has 0 aromatic heterocycles. The van der Waals surface area contributed by atoms with E-state index in [1.807, 2.05) is 21.1 Å². The maximum Gasteiger partial charge on any atom is 0.306 e. The van der Waals surface area contributed by atoms with Gasteiger partial charge in [0.15, 0.2) is 12.4 Å². The van der Waals surface area contributed by atoms with E-state index in [0.29, 0.717) is 17.4 Å². The predicted octanol–water partition coefficient (Wildman–Crippen LogP) is 11.1. The molecular weight excluding hydrogens is 731 g/mol. The zero-order valence-corrected chi connectivity index (χ0v) is 37.9. The lowest BCUT2D eigenvalue weighted by molar-refractivity contribution is -0.870. The molecule has 9 heteroatoms. The highest BCUT2D eigenvalue weighted by Crippen LogP contribution is 2.15. The first-order valence-corrected chi connectivity index (χ1v) is 23.3. The molecule has 0 heterocycles. The molecule has 0 aromatic rings. The summed E-state index contributed by atoms with van der Waals surface area (Å²) in [5, 5.41) is 11.6. The van der Waals surface area contributed by atoms with Crippen molar-refractivity contribution in [3.05, 3.63) is 48.6 Å². The topological polar surface area (TPSA) is 111 Å². The Labute approximate surface area is 355 Å². The Kier molecular flexibility index (Phi) is 39.1. The van der Waals surface area contributed by atoms with E-state index in [2.05, 4.69) is 62.5 Å². The summed E-state index contributed by atoms with van der Waals surface area (Å²) in [4.78, 5) is 36.7. The third kappa shape index (κ3) is 41.4. The highest BCUT2D eigenvalue weighted by atomic mass is 16.7. The molecule has 0 amide bonds. The summed E-state index contributed by atoms with van der Waals surface area (Å²) in [5.41, 5.74) is 0. The summed E-state index contributed by atoms with van der Waals surface area (Å²) >= 11 is 0. The second-order valence-corrected chi connectivity index (χ2v) is 16.7. The van der Waals surface area contributed by atoms with Gasteiger partial charge in [0.05, 0.1) is 40.3 Å². The first kappa shape index (κ1) is 55.2. The number of ether oxygens (including phenoxy) is 4. The highest BCUT2D eigenvalue weighted by Gasteiger charge is 2.21. The van der Waals surface area contributed by atoms with Crippen LogP contribution in [0.2, 0.25) is 0 Å². The molecule has 2 unspecified atom stereocenters. The zero-order valence-electron chi connectivity index (χ0n) is 37.9. The molecule has 0 spiro atoms. The van der Waals surface area contributed by atoms with E-state index >= 15 is 0 Å². The van der Waals surface area contributed by atoms with Crippen LogP contribution in [-0.2, 0) is 33.3 Å². The van der Waals surface area contributed by atoms with Crippen LogP contribution in [0.5, 0.6) is 0 Å². The third-order valence-electron chi connectivity index (χ3n) is 9.84. The number of carbonyl (C=O) groups excluding carboxylic acids is 3. The number of nitrogens with zero attached hydrogens (tertiary/aromatic N) is 1. The predicted molar refractivity (Wildman–Crippen MR) is 237 cm³/mol. The number of carbonyl (C=O) groups is 3. The van der Waals surface area contributed by atoms with Gasteiger partial charge in [0.1, 0.15) is 13.2 Å². The van der Waals surface area contributed by atoms with Crippen LogP contribution >= 0.6 is 0 Å². The molecule has 0 N–H and O–H groups in total. The molecule has 336 valence electrons. The monoisotopic (exact) mass is 818 g/mol. The fourth-order valence-corrected chi connectivity index (χ4v) is 6.23. The second-order valence-electron chi connectivity index (χ2n) is 16.7. The lowest BCUT2D eigenvalue weighted by Crippen LogP contribution is -2.44. The van der Waals surface area contributed by atoms with Crippen LogP contribution in [-0.4, -0.2) is 82.3 Å². The molecule has 0 saturated heterocycles. The second kappa shape index (κ2) is 41.0. The van der Waals surface area contributed by atoms with Crippen molar-refractivity contribution in [2.75, 3.05) is 47.5 Å². The van der Waals surface area contributed by atoms with Crippen LogP contribution in [0.25, 0.3) is 0 Å². The number of allylic oxidation sites excluding steroid dienone is 8. The summed E-state index contributed by atoms with van der Waals surface area (Å²) < 4.78 is 22.4. The van der Waals surface area contributed by atoms with Crippen LogP contribution in [0.3, 0.4) is 0 Å². The number of carboxylic acids is 1. The Morgan fingerprint density at radius 1 is 0.534 bits per heavy atom. The SMILES string of the molecule is CC/C=C\C/C=C\C/C=C\C/C=C\CCCCCCCCCCCCCCCCC(=O)OC(COC(=O)CCCCCCCC)COC(OCC[N+](C)(C)C)C(=O)[O-]. The van der Waals surface area contributed by atoms with Crippen LogP contribution in [0.4, 0.5) is 0 Å². The summed E-state index contributed by atoms with van der Waals surface area (Å²) in [5.74, 6) is -2.30. The zero-order chi connectivity index (χ0) is 42.8. The van der Waals surface area contributed by atoms with Gasteiger partial charge < -0.3 is 33.3 Å². The molecule has 58 heavy (non-hydrogen) atoms. The Hall–Kier alpha value is -2.75. The quantitative estimate of drug-likeness (QED) is 0.0197. The maximum atomic E-state index is 12.7. The van der Waals surface area contributed by atoms with Crippen molar-refractivity contribution in [1.82, 2.24) is 0 Å². The summed E-state index contributed by atoms with van der Waals surface area (Å²) in [6, 6.07) is 0. The Morgan fingerprint density at radius 2 is 0.983 bits per heavy atom. The molecule has 0 rings (SSSR count). The third-order valence-corrected chi connectivity index (χ3v) is 9.84. The number of rotatable bonds is 42. The minimum absolute atomic E-state index is 0.148. The van der Waals surface area contributed by atoms with Crippen molar-refractivity contribution in [2.45, 2.75) is 200 Å². The number of esters is 2. The molecule has 9 nitrogen and oxygen atoms in total. The van der Waals surface area contributed by atoms with E-state index in [1.165, 1.54) is 83.5 Å². The van der Waals surface area contributed by atoms with Crippen molar-refractivity contribution in [3.63, 3.8) is 0 Å². The Balaban J connectivity index is 4.11. The van der Waals surface area contributed by atoms with Crippen molar-refractivity contribution < 1.29 is 42.9 Å². The van der Waals surface area contributed by atoms with E-state index in [4.69, 9.17) is 18.9 Å². The van der Waals surface area contributed by atoms with Crippen molar-refractivity contribution in [2.24, 2.45) is 0 Å². The fraction of sp³-hybridized carbons (Fsp3) is 0.776. The van der Waals surface area contributed by atoms with Gasteiger partial charge in [-0.3, -0.25) is 9.59 Å². The van der Waals surface area contributed by atoms with Crippen molar-refractivity contribution >= 4 is 17.9 Å². The fourth-order valence-electron chi connectivity index (χ4n) is 6.23. The number of hydrogen-bond donors (Lipinski definition) is 0. The molecule has 0 saturated carbocycles. The molecule has 0 fully saturated rings. The van der Waals surface area contributed by atoms with Crippen LogP contribution in [0, 0.1) is 0 Å². The van der Waals surface area contributed by atoms with Crippen LogP contribution < -0.4 is 5.11 Å². The minimum Gasteiger partial charge on any atom is -0.545 e. The molecular formula is C49H87NO8. The molecule has 0 aliphatic heterocycles. The van der Waals surface area contributed by atoms with E-state index in [0.717, 1.165) is 70.6 Å². The molecule has 0 aromatic carbocycles. The molecule has 0 aliphatic carbocycles. The number of carboxylic acid groups (broad SMARTS) is 1. The Morgan fingerprint density at radius 3 is 1.47 bits per heavy atom. The number of quaternary nitrogens is 1. The van der Waals surface area contributed by atoms with Gasteiger partial charge in [-0.1, -0.05) is 172 Å². The standard InChI is InChI=1S/C49H87NO8/c1-6-8-10-12-14-15-16-17-18-19-20-21-22-23-24-25-26-27-28-29-30-31-32-33-34-36-38-40-47(52)58-45(43-56-46(51)39-37-35-13-11-9-7-2)44-57-49(48(53)54)55-42-41-50(3,4)5/h8,10,14-15,17-18,20-21,45,49H,6-7,9,11-13,16,19,22-44H2,1-5H3/b10-8-,15-14-,18-17-,21-20-. The summed E-state index contributed by atoms with van der Waals surface area (Å²) in [6.07, 6.45) is 44.7. The molecule has 2 atom stereocenters. The van der Waals surface area contributed by atoms with Gasteiger partial charge in [0.25, 0.3) is 0 Å². The Bertz CT molecular complexity index is 1090. The molecule has 0 bridgehead atoms. The normalized spacial score (nSPS) is 13.3. The number of unbranched alkanes of at least 4 members (excludes halogenated alkanes) is 19. The van der Waals surface area contributed by atoms with Crippen molar-refractivity contribution in [3.8, 4) is 0 Å². The average Bonchev–Trinajstić information content (AvgIpc) is 3.18. The van der Waals surface area contributed by atoms with Gasteiger partial charge in [0.2, 0.25) is 0 Å². The first-order valence-electron chi connectivity index (χ1n) is 23.3. The highest BCUT2D eigenvalue weighted by molar-refractivity contribution is 5.70. The van der Waals surface area contributed by atoms with Gasteiger partial charge in [0, 0.05) is 12.8 Å².